The summed E-state index contributed by atoms with van der Waals surface area (Å²) in [5, 5.41) is 10.4. The lowest BCUT2D eigenvalue weighted by atomic mass is 10.0. The molecule has 0 radical (unpaired) electrons. The van der Waals surface area contributed by atoms with Crippen molar-refractivity contribution in [3.63, 3.8) is 0 Å². The Balaban J connectivity index is 1.88. The van der Waals surface area contributed by atoms with Crippen molar-refractivity contribution < 1.29 is 28.9 Å². The van der Waals surface area contributed by atoms with E-state index in [-0.39, 0.29) is 30.6 Å². The number of rotatable bonds is 11. The van der Waals surface area contributed by atoms with Crippen LogP contribution in [0.3, 0.4) is 0 Å². The van der Waals surface area contributed by atoms with E-state index in [0.29, 0.717) is 29.1 Å². The molecule has 6 nitrogen and oxygen atoms in total. The summed E-state index contributed by atoms with van der Waals surface area (Å²) in [5.74, 6) is 0.320. The number of hydrogen-bond donors (Lipinski definition) is 1. The number of fused-ring (bicyclic) bond motifs is 1. The molecule has 30 heavy (non-hydrogen) atoms. The van der Waals surface area contributed by atoms with Gasteiger partial charge in [-0.25, -0.2) is 4.79 Å². The zero-order valence-corrected chi connectivity index (χ0v) is 18.5. The summed E-state index contributed by atoms with van der Waals surface area (Å²) in [5.41, 5.74) is 3.13. The minimum absolute atomic E-state index is 0.0314. The molecular weight excluding hydrogens is 384 g/mol. The largest absolute Gasteiger partial charge is 0.504 e. The molecule has 0 bridgehead atoms. The molecule has 1 aromatic rings. The molecule has 1 aliphatic rings. The molecule has 0 saturated heterocycles. The molecule has 6 heteroatoms. The van der Waals surface area contributed by atoms with Crippen LogP contribution >= 0.6 is 0 Å². The lowest BCUT2D eigenvalue weighted by molar-refractivity contribution is -0.121. The summed E-state index contributed by atoms with van der Waals surface area (Å²) in [6.45, 7) is 8.26. The van der Waals surface area contributed by atoms with Crippen molar-refractivity contribution in [2.45, 2.75) is 60.0 Å². The van der Waals surface area contributed by atoms with Gasteiger partial charge in [-0.2, -0.15) is 0 Å². The van der Waals surface area contributed by atoms with Crippen LogP contribution in [0.5, 0.6) is 17.2 Å². The van der Waals surface area contributed by atoms with E-state index in [1.54, 1.807) is 0 Å². The molecule has 1 aromatic carbocycles. The van der Waals surface area contributed by atoms with Crippen molar-refractivity contribution in [1.29, 1.82) is 0 Å². The van der Waals surface area contributed by atoms with Crippen LogP contribution in [-0.4, -0.2) is 30.6 Å². The zero-order chi connectivity index (χ0) is 22.3. The maximum Gasteiger partial charge on any atom is 0.339 e. The summed E-state index contributed by atoms with van der Waals surface area (Å²) in [6, 6.07) is 1.54. The fraction of sp³-hybridized carbons (Fsp3) is 0.500. The lowest BCUT2D eigenvalue weighted by Gasteiger charge is -2.13. The van der Waals surface area contributed by atoms with Crippen molar-refractivity contribution in [3.05, 3.63) is 40.5 Å². The Kier molecular flexibility index (Phi) is 8.51. The van der Waals surface area contributed by atoms with Crippen LogP contribution < -0.4 is 9.47 Å². The van der Waals surface area contributed by atoms with Crippen molar-refractivity contribution >= 4 is 11.8 Å². The molecule has 1 heterocycles. The van der Waals surface area contributed by atoms with E-state index in [1.165, 1.54) is 18.7 Å². The summed E-state index contributed by atoms with van der Waals surface area (Å²) in [6.07, 6.45) is 7.33. The molecule has 0 spiro atoms. The smallest absolute Gasteiger partial charge is 0.339 e. The first-order chi connectivity index (χ1) is 14.2. The van der Waals surface area contributed by atoms with Gasteiger partial charge in [-0.15, -0.1) is 0 Å². The Labute approximate surface area is 178 Å². The molecule has 0 atom stereocenters. The summed E-state index contributed by atoms with van der Waals surface area (Å²) >= 11 is 0. The predicted molar refractivity (Wildman–Crippen MR) is 115 cm³/mol. The van der Waals surface area contributed by atoms with Crippen LogP contribution in [0.4, 0.5) is 0 Å². The van der Waals surface area contributed by atoms with Crippen LogP contribution in [0.25, 0.3) is 0 Å². The SMILES string of the molecule is COc1cc2c(c(O)c1OCC=C(C)CCC=C(C)CCC(=O)C(C)C)COC2=O. The summed E-state index contributed by atoms with van der Waals surface area (Å²) < 4.78 is 16.0. The standard InChI is InChI=1S/C24H32O6/c1-15(2)20(25)10-9-16(3)7-6-8-17(4)11-12-29-23-21(28-5)13-18-19(22(23)26)14-30-24(18)27/h7,11,13,15,26H,6,8-10,12,14H2,1-5H3. The number of aromatic hydroxyl groups is 1. The van der Waals surface area contributed by atoms with Crippen molar-refractivity contribution in [2.24, 2.45) is 5.92 Å². The Hall–Kier alpha value is -2.76. The molecule has 0 fully saturated rings. The molecule has 0 aliphatic carbocycles. The number of methoxy groups -OCH3 is 1. The van der Waals surface area contributed by atoms with E-state index in [0.717, 1.165) is 24.8 Å². The highest BCUT2D eigenvalue weighted by molar-refractivity contribution is 5.95. The van der Waals surface area contributed by atoms with E-state index in [1.807, 2.05) is 26.8 Å². The number of cyclic esters (lactones) is 1. The van der Waals surface area contributed by atoms with Crippen LogP contribution in [0.2, 0.25) is 0 Å². The van der Waals surface area contributed by atoms with Gasteiger partial charge in [0.2, 0.25) is 5.75 Å². The normalized spacial score (nSPS) is 14.0. The number of Topliss-reactive ketones (excluding diaryl/α,β-unsaturated/α-hetero) is 1. The monoisotopic (exact) mass is 416 g/mol. The third-order valence-electron chi connectivity index (χ3n) is 5.21. The molecular formula is C24H32O6. The van der Waals surface area contributed by atoms with Gasteiger partial charge in [0.1, 0.15) is 19.0 Å². The first-order valence-corrected chi connectivity index (χ1v) is 10.3. The van der Waals surface area contributed by atoms with E-state index < -0.39 is 5.97 Å². The molecule has 1 aliphatic heterocycles. The van der Waals surface area contributed by atoms with E-state index >= 15 is 0 Å². The topological polar surface area (TPSA) is 82.1 Å². The van der Waals surface area contributed by atoms with Crippen LogP contribution in [0.15, 0.2) is 29.4 Å². The molecule has 1 N–H and O–H groups in total. The molecule has 0 saturated carbocycles. The second-order valence-corrected chi connectivity index (χ2v) is 7.93. The average Bonchev–Trinajstić information content (AvgIpc) is 3.08. The van der Waals surface area contributed by atoms with Gasteiger partial charge < -0.3 is 19.3 Å². The van der Waals surface area contributed by atoms with Gasteiger partial charge in [0.15, 0.2) is 11.5 Å². The van der Waals surface area contributed by atoms with Gasteiger partial charge in [-0.3, -0.25) is 4.79 Å². The first kappa shape index (κ1) is 23.5. The number of benzene rings is 1. The van der Waals surface area contributed by atoms with Crippen molar-refractivity contribution in [1.82, 2.24) is 0 Å². The number of hydrogen-bond acceptors (Lipinski definition) is 6. The van der Waals surface area contributed by atoms with Crippen LogP contribution in [-0.2, 0) is 16.1 Å². The Morgan fingerprint density at radius 2 is 1.90 bits per heavy atom. The number of carbonyl (C=O) groups excluding carboxylic acids is 2. The molecule has 2 rings (SSSR count). The number of esters is 1. The molecule has 0 amide bonds. The molecule has 0 aromatic heterocycles. The van der Waals surface area contributed by atoms with E-state index in [2.05, 4.69) is 13.0 Å². The highest BCUT2D eigenvalue weighted by Crippen LogP contribution is 2.43. The van der Waals surface area contributed by atoms with Gasteiger partial charge in [0, 0.05) is 17.9 Å². The minimum Gasteiger partial charge on any atom is -0.504 e. The highest BCUT2D eigenvalue weighted by atomic mass is 16.5. The summed E-state index contributed by atoms with van der Waals surface area (Å²) in [7, 11) is 1.46. The number of phenolic OH excluding ortho intramolecular Hbond substituents is 1. The maximum atomic E-state index is 11.7. The highest BCUT2D eigenvalue weighted by Gasteiger charge is 2.29. The maximum absolute atomic E-state index is 11.7. The molecule has 0 unspecified atom stereocenters. The van der Waals surface area contributed by atoms with E-state index in [9.17, 15) is 14.7 Å². The average molecular weight is 417 g/mol. The number of carbonyl (C=O) groups is 2. The van der Waals surface area contributed by atoms with Gasteiger partial charge in [-0.1, -0.05) is 31.1 Å². The minimum atomic E-state index is -0.474. The van der Waals surface area contributed by atoms with E-state index in [4.69, 9.17) is 14.2 Å². The second kappa shape index (κ2) is 10.9. The fourth-order valence-electron chi connectivity index (χ4n) is 3.13. The Bertz CT molecular complexity index is 848. The van der Waals surface area contributed by atoms with Gasteiger partial charge in [0.05, 0.1) is 12.7 Å². The lowest BCUT2D eigenvalue weighted by Crippen LogP contribution is -2.06. The predicted octanol–water partition coefficient (Wildman–Crippen LogP) is 5.13. The third-order valence-corrected chi connectivity index (χ3v) is 5.21. The first-order valence-electron chi connectivity index (χ1n) is 10.3. The third kappa shape index (κ3) is 6.12. The van der Waals surface area contributed by atoms with Gasteiger partial charge >= 0.3 is 5.97 Å². The Morgan fingerprint density at radius 3 is 2.57 bits per heavy atom. The van der Waals surface area contributed by atoms with Crippen LogP contribution in [0, 0.1) is 5.92 Å². The Morgan fingerprint density at radius 1 is 1.20 bits per heavy atom. The quantitative estimate of drug-likeness (QED) is 0.398. The van der Waals surface area contributed by atoms with Crippen LogP contribution in [0.1, 0.15) is 69.3 Å². The van der Waals surface area contributed by atoms with Crippen molar-refractivity contribution in [2.75, 3.05) is 13.7 Å². The zero-order valence-electron chi connectivity index (χ0n) is 18.5. The second-order valence-electron chi connectivity index (χ2n) is 7.93. The number of phenols is 1. The number of ether oxygens (including phenoxy) is 3. The van der Waals surface area contributed by atoms with Gasteiger partial charge in [-0.05, 0) is 45.3 Å². The molecule has 164 valence electrons. The number of allylic oxidation sites excluding steroid dienone is 3. The summed E-state index contributed by atoms with van der Waals surface area (Å²) in [4.78, 5) is 23.4. The van der Waals surface area contributed by atoms with Gasteiger partial charge in [0.25, 0.3) is 0 Å². The number of ketones is 1. The fourth-order valence-corrected chi connectivity index (χ4v) is 3.13. The van der Waals surface area contributed by atoms with Crippen molar-refractivity contribution in [3.8, 4) is 17.2 Å².